The number of ether oxygens (including phenoxy) is 2. The second-order valence-corrected chi connectivity index (χ2v) is 7.75. The normalized spacial score (nSPS) is 11.1. The molecule has 3 aromatic carbocycles. The minimum absolute atomic E-state index is 0.585. The van der Waals surface area contributed by atoms with Gasteiger partial charge >= 0.3 is 18.8 Å². The number of hydrogen-bond acceptors (Lipinski definition) is 2. The van der Waals surface area contributed by atoms with E-state index in [0.717, 1.165) is 45.3 Å². The molecule has 37 heavy (non-hydrogen) atoms. The van der Waals surface area contributed by atoms with E-state index < -0.39 is 7.25 Å². The lowest BCUT2D eigenvalue weighted by atomic mass is 10.0. The molecular formula is C29H27BF4O3. The minimum atomic E-state index is -6.00. The van der Waals surface area contributed by atoms with Crippen LogP contribution in [0.3, 0.4) is 0 Å². The Bertz CT molecular complexity index is 1230. The molecule has 3 nitrogen and oxygen atoms in total. The summed E-state index contributed by atoms with van der Waals surface area (Å²) in [5, 5.41) is 0. The molecular weight excluding hydrogens is 483 g/mol. The summed E-state index contributed by atoms with van der Waals surface area (Å²) in [5.74, 6) is 3.11. The first-order chi connectivity index (χ1) is 17.8. The maximum absolute atomic E-state index is 9.75. The van der Waals surface area contributed by atoms with E-state index in [-0.39, 0.29) is 0 Å². The monoisotopic (exact) mass is 510 g/mol. The second kappa shape index (κ2) is 13.3. The SMILES string of the molecule is CCOc1ccc(C=Cc2cc(-c3ccccc3)cc(-c3ccccc3)[o+]2)cc1OCC.F[B-](F)(F)F. The van der Waals surface area contributed by atoms with Gasteiger partial charge in [-0.1, -0.05) is 54.6 Å². The van der Waals surface area contributed by atoms with Crippen molar-refractivity contribution in [3.05, 3.63) is 102 Å². The first-order valence-corrected chi connectivity index (χ1v) is 11.8. The molecule has 0 aliphatic carbocycles. The van der Waals surface area contributed by atoms with Crippen LogP contribution >= 0.6 is 0 Å². The predicted molar refractivity (Wildman–Crippen MR) is 142 cm³/mol. The molecule has 1 heterocycles. The Balaban J connectivity index is 0.000000695. The van der Waals surface area contributed by atoms with Crippen LogP contribution in [0.5, 0.6) is 11.5 Å². The van der Waals surface area contributed by atoms with E-state index in [1.165, 1.54) is 0 Å². The van der Waals surface area contributed by atoms with Crippen LogP contribution < -0.4 is 9.47 Å². The standard InChI is InChI=1S/C29H27O3.BF4/c1-3-30-27-18-16-22(19-29(27)31-4-2)15-17-26-20-25(23-11-7-5-8-12-23)21-28(32-26)24-13-9-6-10-14-24;2-1(3,4)5/h5-21H,3-4H2,1-2H3;/q+1;-1. The van der Waals surface area contributed by atoms with E-state index in [0.29, 0.717) is 13.2 Å². The summed E-state index contributed by atoms with van der Waals surface area (Å²) < 4.78 is 56.7. The fourth-order valence-electron chi connectivity index (χ4n) is 3.50. The number of hydrogen-bond donors (Lipinski definition) is 0. The number of halogens is 4. The van der Waals surface area contributed by atoms with E-state index in [1.54, 1.807) is 0 Å². The molecule has 4 rings (SSSR count). The van der Waals surface area contributed by atoms with Gasteiger partial charge in [-0.25, -0.2) is 4.42 Å². The molecule has 192 valence electrons. The van der Waals surface area contributed by atoms with Crippen molar-refractivity contribution in [1.82, 2.24) is 0 Å². The molecule has 0 radical (unpaired) electrons. The lowest BCUT2D eigenvalue weighted by Gasteiger charge is -2.11. The van der Waals surface area contributed by atoms with Crippen LogP contribution in [0.4, 0.5) is 17.3 Å². The Morgan fingerprint density at radius 2 is 1.22 bits per heavy atom. The van der Waals surface area contributed by atoms with Crippen molar-refractivity contribution < 1.29 is 31.2 Å². The van der Waals surface area contributed by atoms with Crippen molar-refractivity contribution in [2.45, 2.75) is 13.8 Å². The summed E-state index contributed by atoms with van der Waals surface area (Å²) >= 11 is 0. The predicted octanol–water partition coefficient (Wildman–Crippen LogP) is 9.16. The third-order valence-corrected chi connectivity index (χ3v) is 4.99. The van der Waals surface area contributed by atoms with Gasteiger partial charge < -0.3 is 26.7 Å². The van der Waals surface area contributed by atoms with Gasteiger partial charge in [-0.05, 0) is 55.3 Å². The Morgan fingerprint density at radius 3 is 1.81 bits per heavy atom. The van der Waals surface area contributed by atoms with Gasteiger partial charge in [0.05, 0.1) is 30.9 Å². The van der Waals surface area contributed by atoms with Gasteiger partial charge in [0, 0.05) is 11.6 Å². The molecule has 0 fully saturated rings. The second-order valence-electron chi connectivity index (χ2n) is 7.75. The van der Waals surface area contributed by atoms with Crippen molar-refractivity contribution >= 4 is 19.4 Å². The summed E-state index contributed by atoms with van der Waals surface area (Å²) in [6.45, 7) is 5.12. The molecule has 1 aromatic heterocycles. The van der Waals surface area contributed by atoms with Gasteiger partial charge in [0.15, 0.2) is 11.5 Å². The first-order valence-electron chi connectivity index (χ1n) is 11.8. The maximum Gasteiger partial charge on any atom is 0.673 e. The molecule has 0 aliphatic heterocycles. The van der Waals surface area contributed by atoms with Crippen LogP contribution in [0, 0.1) is 0 Å². The molecule has 0 spiro atoms. The maximum atomic E-state index is 9.75. The van der Waals surface area contributed by atoms with Crippen LogP contribution in [0.2, 0.25) is 0 Å². The minimum Gasteiger partial charge on any atom is -0.490 e. The smallest absolute Gasteiger partial charge is 0.490 e. The average molecular weight is 510 g/mol. The molecule has 4 aromatic rings. The van der Waals surface area contributed by atoms with Crippen molar-refractivity contribution in [3.63, 3.8) is 0 Å². The summed E-state index contributed by atoms with van der Waals surface area (Å²) in [6, 6.07) is 30.6. The Labute approximate surface area is 214 Å². The third-order valence-electron chi connectivity index (χ3n) is 4.99. The zero-order valence-electron chi connectivity index (χ0n) is 20.5. The lowest BCUT2D eigenvalue weighted by Crippen LogP contribution is -2.02. The van der Waals surface area contributed by atoms with Crippen molar-refractivity contribution in [1.29, 1.82) is 0 Å². The van der Waals surface area contributed by atoms with Gasteiger partial charge in [0.25, 0.3) is 0 Å². The average Bonchev–Trinajstić information content (AvgIpc) is 2.89. The molecule has 0 atom stereocenters. The number of benzene rings is 3. The molecule has 0 N–H and O–H groups in total. The van der Waals surface area contributed by atoms with E-state index in [2.05, 4.69) is 36.4 Å². The zero-order valence-corrected chi connectivity index (χ0v) is 20.5. The van der Waals surface area contributed by atoms with E-state index >= 15 is 0 Å². The Kier molecular flexibility index (Phi) is 9.89. The fourth-order valence-corrected chi connectivity index (χ4v) is 3.50. The number of rotatable bonds is 8. The molecule has 8 heteroatoms. The molecule has 0 aliphatic rings. The molecule has 0 bridgehead atoms. The summed E-state index contributed by atoms with van der Waals surface area (Å²) in [4.78, 5) is 0. The largest absolute Gasteiger partial charge is 0.673 e. The van der Waals surface area contributed by atoms with E-state index in [1.807, 2.05) is 80.6 Å². The summed E-state index contributed by atoms with van der Waals surface area (Å²) in [5.41, 5.74) is 4.31. The summed E-state index contributed by atoms with van der Waals surface area (Å²) in [6.07, 6.45) is 4.02. The van der Waals surface area contributed by atoms with Crippen LogP contribution in [0.1, 0.15) is 25.2 Å². The van der Waals surface area contributed by atoms with Crippen molar-refractivity contribution in [3.8, 4) is 33.9 Å². The van der Waals surface area contributed by atoms with Crippen molar-refractivity contribution in [2.24, 2.45) is 0 Å². The fraction of sp³-hybridized carbons (Fsp3) is 0.138. The first kappa shape index (κ1) is 27.5. The molecule has 0 saturated carbocycles. The molecule has 0 saturated heterocycles. The van der Waals surface area contributed by atoms with E-state index in [9.17, 15) is 17.3 Å². The Hall–Kier alpha value is -4.07. The van der Waals surface area contributed by atoms with Crippen molar-refractivity contribution in [2.75, 3.05) is 13.2 Å². The highest BCUT2D eigenvalue weighted by atomic mass is 19.5. The van der Waals surface area contributed by atoms with Gasteiger partial charge in [0.2, 0.25) is 0 Å². The Morgan fingerprint density at radius 1 is 0.649 bits per heavy atom. The van der Waals surface area contributed by atoms with Gasteiger partial charge in [-0.15, -0.1) is 0 Å². The van der Waals surface area contributed by atoms with Gasteiger partial charge in [0.1, 0.15) is 0 Å². The molecule has 0 amide bonds. The summed E-state index contributed by atoms with van der Waals surface area (Å²) in [7, 11) is -6.00. The lowest BCUT2D eigenvalue weighted by molar-refractivity contribution is 0.287. The quantitative estimate of drug-likeness (QED) is 0.135. The van der Waals surface area contributed by atoms with Crippen LogP contribution in [-0.4, -0.2) is 20.5 Å². The highest BCUT2D eigenvalue weighted by molar-refractivity contribution is 6.50. The van der Waals surface area contributed by atoms with Gasteiger partial charge in [-0.3, -0.25) is 0 Å². The van der Waals surface area contributed by atoms with Crippen LogP contribution in [0.25, 0.3) is 34.6 Å². The van der Waals surface area contributed by atoms with Crippen LogP contribution in [-0.2, 0) is 0 Å². The third kappa shape index (κ3) is 9.15. The topological polar surface area (TPSA) is 29.8 Å². The van der Waals surface area contributed by atoms with Crippen LogP contribution in [0.15, 0.2) is 95.4 Å². The molecule has 0 unspecified atom stereocenters. The van der Waals surface area contributed by atoms with E-state index in [4.69, 9.17) is 13.9 Å². The highest BCUT2D eigenvalue weighted by Crippen LogP contribution is 2.31. The zero-order chi connectivity index (χ0) is 26.7. The highest BCUT2D eigenvalue weighted by Gasteiger charge is 2.20. The van der Waals surface area contributed by atoms with Gasteiger partial charge in [-0.2, -0.15) is 0 Å².